The molecular weight excluding hydrogens is 382 g/mol. The van der Waals surface area contributed by atoms with E-state index in [4.69, 9.17) is 9.47 Å². The Bertz CT molecular complexity index is 1020. The van der Waals surface area contributed by atoms with Crippen LogP contribution in [0.25, 0.3) is 5.65 Å². The third kappa shape index (κ3) is 4.44. The van der Waals surface area contributed by atoms with Crippen LogP contribution in [0.1, 0.15) is 34.1 Å². The Hall–Kier alpha value is -2.97. The van der Waals surface area contributed by atoms with Crippen molar-refractivity contribution in [3.63, 3.8) is 0 Å². The molecule has 1 aliphatic heterocycles. The second kappa shape index (κ2) is 9.23. The van der Waals surface area contributed by atoms with Crippen molar-refractivity contribution in [1.29, 1.82) is 0 Å². The summed E-state index contributed by atoms with van der Waals surface area (Å²) in [6, 6.07) is 11.3. The van der Waals surface area contributed by atoms with Gasteiger partial charge in [0.05, 0.1) is 19.3 Å². The van der Waals surface area contributed by atoms with Gasteiger partial charge in [-0.1, -0.05) is 12.1 Å². The fourth-order valence-corrected chi connectivity index (χ4v) is 3.85. The second-order valence-electron chi connectivity index (χ2n) is 7.52. The van der Waals surface area contributed by atoms with Crippen LogP contribution in [0.15, 0.2) is 42.6 Å². The average molecular weight is 409 g/mol. The van der Waals surface area contributed by atoms with E-state index in [1.54, 1.807) is 20.3 Å². The molecule has 30 heavy (non-hydrogen) atoms. The van der Waals surface area contributed by atoms with Gasteiger partial charge in [0.15, 0.2) is 5.65 Å². The van der Waals surface area contributed by atoms with Crippen LogP contribution in [0, 0.1) is 0 Å². The number of carbonyl (C=O) groups excluding carboxylic acids is 1. The number of hydrogen-bond acceptors (Lipinski definition) is 6. The summed E-state index contributed by atoms with van der Waals surface area (Å²) in [4.78, 5) is 15.1. The Morgan fingerprint density at radius 2 is 2.13 bits per heavy atom. The van der Waals surface area contributed by atoms with Crippen LogP contribution in [0.4, 0.5) is 0 Å². The van der Waals surface area contributed by atoms with Crippen molar-refractivity contribution in [2.24, 2.45) is 0 Å². The largest absolute Gasteiger partial charge is 0.497 e. The Labute approximate surface area is 175 Å². The number of methoxy groups -OCH3 is 2. The highest BCUT2D eigenvalue weighted by atomic mass is 16.5. The number of hydrogen-bond donors (Lipinski definition) is 1. The molecule has 0 spiro atoms. The number of likely N-dealkylation sites (tertiary alicyclic amines) is 1. The summed E-state index contributed by atoms with van der Waals surface area (Å²) < 4.78 is 12.4. The summed E-state index contributed by atoms with van der Waals surface area (Å²) in [7, 11) is 3.35. The highest BCUT2D eigenvalue weighted by Crippen LogP contribution is 2.26. The van der Waals surface area contributed by atoms with Gasteiger partial charge >= 0.3 is 0 Å². The van der Waals surface area contributed by atoms with Crippen LogP contribution in [0.2, 0.25) is 0 Å². The Morgan fingerprint density at radius 3 is 2.97 bits per heavy atom. The zero-order valence-corrected chi connectivity index (χ0v) is 17.4. The lowest BCUT2D eigenvalue weighted by Crippen LogP contribution is -2.25. The molecule has 1 amide bonds. The van der Waals surface area contributed by atoms with E-state index >= 15 is 0 Å². The normalized spacial score (nSPS) is 16.8. The van der Waals surface area contributed by atoms with Crippen molar-refractivity contribution in [3.8, 4) is 5.75 Å². The molecule has 0 saturated carbocycles. The number of rotatable bonds is 8. The fourth-order valence-electron chi connectivity index (χ4n) is 3.85. The molecule has 3 aromatic rings. The average Bonchev–Trinajstić information content (AvgIpc) is 3.42. The molecule has 2 aromatic heterocycles. The lowest BCUT2D eigenvalue weighted by Gasteiger charge is -2.14. The molecule has 1 fully saturated rings. The SMILES string of the molecule is COCCN1CCC(c2nnc3ccc(C(=O)NCc4cccc(OC)c4)cn23)C1. The predicted octanol–water partition coefficient (Wildman–Crippen LogP) is 2.10. The van der Waals surface area contributed by atoms with Crippen molar-refractivity contribution in [2.45, 2.75) is 18.9 Å². The van der Waals surface area contributed by atoms with E-state index in [0.29, 0.717) is 18.0 Å². The summed E-state index contributed by atoms with van der Waals surface area (Å²) in [6.45, 7) is 4.02. The molecule has 1 saturated heterocycles. The number of ether oxygens (including phenoxy) is 2. The van der Waals surface area contributed by atoms with Gasteiger partial charge in [0.1, 0.15) is 11.6 Å². The lowest BCUT2D eigenvalue weighted by molar-refractivity contribution is 0.0950. The van der Waals surface area contributed by atoms with Crippen LogP contribution in [-0.2, 0) is 11.3 Å². The van der Waals surface area contributed by atoms with Crippen molar-refractivity contribution < 1.29 is 14.3 Å². The van der Waals surface area contributed by atoms with Crippen LogP contribution in [0.3, 0.4) is 0 Å². The van der Waals surface area contributed by atoms with Gasteiger partial charge in [-0.05, 0) is 42.8 Å². The number of nitrogens with zero attached hydrogens (tertiary/aromatic N) is 4. The molecule has 0 bridgehead atoms. The number of amides is 1. The van der Waals surface area contributed by atoms with E-state index < -0.39 is 0 Å². The predicted molar refractivity (Wildman–Crippen MR) is 113 cm³/mol. The third-order valence-electron chi connectivity index (χ3n) is 5.53. The standard InChI is InChI=1S/C22H27N5O3/c1-29-11-10-26-9-8-17(14-26)21-25-24-20-7-6-18(15-27(20)21)22(28)23-13-16-4-3-5-19(12-16)30-2/h3-7,12,15,17H,8-11,13-14H2,1-2H3,(H,23,28). The van der Waals surface area contributed by atoms with E-state index in [1.807, 2.05) is 40.9 Å². The van der Waals surface area contributed by atoms with Crippen molar-refractivity contribution in [3.05, 3.63) is 59.5 Å². The molecule has 3 heterocycles. The first-order chi connectivity index (χ1) is 14.7. The van der Waals surface area contributed by atoms with Gasteiger partial charge in [0.25, 0.3) is 5.91 Å². The maximum atomic E-state index is 12.7. The minimum Gasteiger partial charge on any atom is -0.497 e. The van der Waals surface area contributed by atoms with Crippen LogP contribution in [-0.4, -0.2) is 65.9 Å². The van der Waals surface area contributed by atoms with E-state index in [2.05, 4.69) is 20.4 Å². The summed E-state index contributed by atoms with van der Waals surface area (Å²) in [5, 5.41) is 11.7. The number of fused-ring (bicyclic) bond motifs is 1. The lowest BCUT2D eigenvalue weighted by atomic mass is 10.1. The van der Waals surface area contributed by atoms with Crippen molar-refractivity contribution in [1.82, 2.24) is 24.8 Å². The first-order valence-corrected chi connectivity index (χ1v) is 10.1. The molecule has 1 N–H and O–H groups in total. The van der Waals surface area contributed by atoms with E-state index in [0.717, 1.165) is 55.4 Å². The van der Waals surface area contributed by atoms with Gasteiger partial charge in [-0.15, -0.1) is 10.2 Å². The zero-order valence-electron chi connectivity index (χ0n) is 17.4. The van der Waals surface area contributed by atoms with Gasteiger partial charge in [0.2, 0.25) is 0 Å². The second-order valence-corrected chi connectivity index (χ2v) is 7.52. The zero-order chi connectivity index (χ0) is 20.9. The minimum atomic E-state index is -0.132. The van der Waals surface area contributed by atoms with E-state index in [-0.39, 0.29) is 5.91 Å². The Balaban J connectivity index is 1.46. The fraction of sp³-hybridized carbons (Fsp3) is 0.409. The molecule has 1 aliphatic rings. The minimum absolute atomic E-state index is 0.132. The smallest absolute Gasteiger partial charge is 0.253 e. The first kappa shape index (κ1) is 20.3. The third-order valence-corrected chi connectivity index (χ3v) is 5.53. The van der Waals surface area contributed by atoms with Crippen LogP contribution >= 0.6 is 0 Å². The monoisotopic (exact) mass is 409 g/mol. The van der Waals surface area contributed by atoms with Crippen molar-refractivity contribution in [2.75, 3.05) is 40.5 Å². The number of aromatic nitrogens is 3. The summed E-state index contributed by atoms with van der Waals surface area (Å²) in [5.41, 5.74) is 2.32. The quantitative estimate of drug-likeness (QED) is 0.614. The summed E-state index contributed by atoms with van der Waals surface area (Å²) in [5.74, 6) is 1.85. The Kier molecular flexibility index (Phi) is 6.25. The summed E-state index contributed by atoms with van der Waals surface area (Å²) >= 11 is 0. The first-order valence-electron chi connectivity index (χ1n) is 10.1. The maximum Gasteiger partial charge on any atom is 0.253 e. The Morgan fingerprint density at radius 1 is 1.23 bits per heavy atom. The molecule has 4 rings (SSSR count). The van der Waals surface area contributed by atoms with E-state index in [9.17, 15) is 4.79 Å². The van der Waals surface area contributed by atoms with Crippen LogP contribution in [0.5, 0.6) is 5.75 Å². The highest BCUT2D eigenvalue weighted by Gasteiger charge is 2.27. The number of benzene rings is 1. The molecule has 158 valence electrons. The van der Waals surface area contributed by atoms with Gasteiger partial charge in [-0.3, -0.25) is 9.20 Å². The van der Waals surface area contributed by atoms with Gasteiger partial charge in [-0.2, -0.15) is 0 Å². The van der Waals surface area contributed by atoms with Gasteiger partial charge in [0, 0.05) is 38.9 Å². The van der Waals surface area contributed by atoms with Crippen molar-refractivity contribution >= 4 is 11.6 Å². The highest BCUT2D eigenvalue weighted by molar-refractivity contribution is 5.94. The van der Waals surface area contributed by atoms with E-state index in [1.165, 1.54) is 0 Å². The molecule has 8 nitrogen and oxygen atoms in total. The topological polar surface area (TPSA) is 81.0 Å². The molecule has 8 heteroatoms. The molecule has 0 radical (unpaired) electrons. The molecule has 1 atom stereocenters. The maximum absolute atomic E-state index is 12.7. The summed E-state index contributed by atoms with van der Waals surface area (Å²) in [6.07, 6.45) is 2.86. The van der Waals surface area contributed by atoms with Gasteiger partial charge in [-0.25, -0.2) is 0 Å². The number of nitrogens with one attached hydrogen (secondary N) is 1. The molecule has 1 aromatic carbocycles. The molecular formula is C22H27N5O3. The van der Waals surface area contributed by atoms with Gasteiger partial charge < -0.3 is 19.7 Å². The number of carbonyl (C=O) groups is 1. The molecule has 0 aliphatic carbocycles. The molecule has 1 unspecified atom stereocenters. The van der Waals surface area contributed by atoms with Crippen LogP contribution < -0.4 is 10.1 Å². The number of pyridine rings is 1.